The van der Waals surface area contributed by atoms with Crippen LogP contribution in [0.5, 0.6) is 0 Å². The topological polar surface area (TPSA) is 84.9 Å². The van der Waals surface area contributed by atoms with Crippen LogP contribution in [0.1, 0.15) is 49.0 Å². The molecule has 0 aromatic heterocycles. The Morgan fingerprint density at radius 1 is 1.28 bits per heavy atom. The van der Waals surface area contributed by atoms with Gasteiger partial charge in [-0.25, -0.2) is 0 Å². The molecule has 6 heteroatoms. The molecule has 1 saturated heterocycles. The summed E-state index contributed by atoms with van der Waals surface area (Å²) in [4.78, 5) is 23.6. The van der Waals surface area contributed by atoms with Crippen molar-refractivity contribution in [2.24, 2.45) is 5.41 Å². The van der Waals surface area contributed by atoms with Crippen molar-refractivity contribution in [2.45, 2.75) is 45.8 Å². The number of ether oxygens (including phenoxy) is 2. The van der Waals surface area contributed by atoms with Gasteiger partial charge in [0.2, 0.25) is 0 Å². The maximum atomic E-state index is 12.4. The van der Waals surface area contributed by atoms with Crippen molar-refractivity contribution >= 4 is 11.9 Å². The highest BCUT2D eigenvalue weighted by molar-refractivity contribution is 5.95. The predicted octanol–water partition coefficient (Wildman–Crippen LogP) is 2.61. The fourth-order valence-electron chi connectivity index (χ4n) is 2.61. The summed E-state index contributed by atoms with van der Waals surface area (Å²) in [6.07, 6.45) is 2.28. The Hall–Kier alpha value is -1.92. The average molecular weight is 349 g/mol. The molecule has 25 heavy (non-hydrogen) atoms. The van der Waals surface area contributed by atoms with Gasteiger partial charge in [-0.1, -0.05) is 18.2 Å². The van der Waals surface area contributed by atoms with E-state index < -0.39 is 11.4 Å². The van der Waals surface area contributed by atoms with E-state index in [9.17, 15) is 9.59 Å². The molecule has 0 bridgehead atoms. The van der Waals surface area contributed by atoms with Gasteiger partial charge in [-0.15, -0.1) is 0 Å². The Morgan fingerprint density at radius 2 is 1.96 bits per heavy atom. The van der Waals surface area contributed by atoms with E-state index in [0.717, 1.165) is 18.4 Å². The molecule has 0 spiro atoms. The number of carboxylic acids is 1. The summed E-state index contributed by atoms with van der Waals surface area (Å²) < 4.78 is 11.2. The van der Waals surface area contributed by atoms with Crippen LogP contribution in [0, 0.1) is 5.41 Å². The Morgan fingerprint density at radius 3 is 2.64 bits per heavy atom. The average Bonchev–Trinajstić information content (AvgIpc) is 2.60. The first kappa shape index (κ1) is 19.4. The molecule has 1 heterocycles. The molecule has 0 radical (unpaired) electrons. The lowest BCUT2D eigenvalue weighted by molar-refractivity contribution is -0.147. The lowest BCUT2D eigenvalue weighted by atomic mass is 9.89. The molecule has 6 nitrogen and oxygen atoms in total. The number of benzene rings is 1. The van der Waals surface area contributed by atoms with Crippen LogP contribution in [0.2, 0.25) is 0 Å². The summed E-state index contributed by atoms with van der Waals surface area (Å²) in [5.41, 5.74) is 0.547. The van der Waals surface area contributed by atoms with Crippen molar-refractivity contribution in [1.29, 1.82) is 0 Å². The summed E-state index contributed by atoms with van der Waals surface area (Å²) in [6, 6.07) is 7.34. The largest absolute Gasteiger partial charge is 0.481 e. The molecule has 2 N–H and O–H groups in total. The summed E-state index contributed by atoms with van der Waals surface area (Å²) in [5.74, 6) is -1.07. The zero-order valence-corrected chi connectivity index (χ0v) is 14.9. The standard InChI is InChI=1S/C19H27NO5/c1-19(2,18(22)23)9-10-20-17(21)16-6-4-3-5-14(16)13-25-15-7-11-24-12-8-15/h3-6,15H,7-13H2,1-2H3,(H,20,21)(H,22,23). The van der Waals surface area contributed by atoms with Crippen LogP contribution in [0.4, 0.5) is 0 Å². The number of carboxylic acid groups (broad SMARTS) is 1. The van der Waals surface area contributed by atoms with Gasteiger partial charge in [-0.3, -0.25) is 9.59 Å². The lowest BCUT2D eigenvalue weighted by Gasteiger charge is -2.23. The second kappa shape index (κ2) is 8.97. The zero-order chi connectivity index (χ0) is 18.3. The molecular weight excluding hydrogens is 322 g/mol. The van der Waals surface area contributed by atoms with Gasteiger partial charge in [0.15, 0.2) is 0 Å². The number of hydrogen-bond acceptors (Lipinski definition) is 4. The number of aliphatic carboxylic acids is 1. The van der Waals surface area contributed by atoms with Gasteiger partial charge in [0.25, 0.3) is 5.91 Å². The predicted molar refractivity (Wildman–Crippen MR) is 93.4 cm³/mol. The molecule has 0 unspecified atom stereocenters. The minimum atomic E-state index is -0.869. The molecule has 1 aliphatic rings. The third-order valence-corrected chi connectivity index (χ3v) is 4.52. The number of hydrogen-bond donors (Lipinski definition) is 2. The van der Waals surface area contributed by atoms with E-state index >= 15 is 0 Å². The van der Waals surface area contributed by atoms with Crippen LogP contribution in [0.15, 0.2) is 24.3 Å². The van der Waals surface area contributed by atoms with Crippen LogP contribution in [0.25, 0.3) is 0 Å². The molecular formula is C19H27NO5. The maximum Gasteiger partial charge on any atom is 0.309 e. The smallest absolute Gasteiger partial charge is 0.309 e. The fraction of sp³-hybridized carbons (Fsp3) is 0.579. The Balaban J connectivity index is 1.89. The quantitative estimate of drug-likeness (QED) is 0.753. The highest BCUT2D eigenvalue weighted by Gasteiger charge is 2.26. The Kier molecular flexibility index (Phi) is 6.96. The van der Waals surface area contributed by atoms with Crippen molar-refractivity contribution in [2.75, 3.05) is 19.8 Å². The van der Waals surface area contributed by atoms with Crippen molar-refractivity contribution < 1.29 is 24.2 Å². The Labute approximate surface area is 148 Å². The first-order valence-electron chi connectivity index (χ1n) is 8.69. The van der Waals surface area contributed by atoms with Crippen molar-refractivity contribution in [3.63, 3.8) is 0 Å². The van der Waals surface area contributed by atoms with E-state index in [2.05, 4.69) is 5.32 Å². The van der Waals surface area contributed by atoms with Crippen molar-refractivity contribution in [3.05, 3.63) is 35.4 Å². The van der Waals surface area contributed by atoms with E-state index in [1.807, 2.05) is 18.2 Å². The zero-order valence-electron chi connectivity index (χ0n) is 14.9. The minimum Gasteiger partial charge on any atom is -0.481 e. The van der Waals surface area contributed by atoms with E-state index in [4.69, 9.17) is 14.6 Å². The molecule has 0 aliphatic carbocycles. The van der Waals surface area contributed by atoms with Gasteiger partial charge in [0.05, 0.1) is 18.1 Å². The molecule has 1 aromatic rings. The van der Waals surface area contributed by atoms with Gasteiger partial charge in [-0.2, -0.15) is 0 Å². The van der Waals surface area contributed by atoms with Crippen molar-refractivity contribution in [1.82, 2.24) is 5.32 Å². The number of rotatable bonds is 8. The van der Waals surface area contributed by atoms with Gasteiger partial charge in [-0.05, 0) is 44.7 Å². The highest BCUT2D eigenvalue weighted by Crippen LogP contribution is 2.20. The third-order valence-electron chi connectivity index (χ3n) is 4.52. The third kappa shape index (κ3) is 5.83. The van der Waals surface area contributed by atoms with E-state index in [1.165, 1.54) is 0 Å². The SMILES string of the molecule is CC(C)(CCNC(=O)c1ccccc1COC1CCOCC1)C(=O)O. The van der Waals surface area contributed by atoms with Crippen LogP contribution in [-0.2, 0) is 20.9 Å². The number of carbonyl (C=O) groups is 2. The molecule has 1 amide bonds. The summed E-state index contributed by atoms with van der Waals surface area (Å²) in [7, 11) is 0. The Bertz CT molecular complexity index is 593. The monoisotopic (exact) mass is 349 g/mol. The summed E-state index contributed by atoms with van der Waals surface area (Å²) in [6.45, 7) is 5.43. The summed E-state index contributed by atoms with van der Waals surface area (Å²) in [5, 5.41) is 11.9. The van der Waals surface area contributed by atoms with Crippen LogP contribution < -0.4 is 5.32 Å². The second-order valence-electron chi connectivity index (χ2n) is 6.97. The first-order chi connectivity index (χ1) is 11.9. The molecule has 1 aliphatic heterocycles. The van der Waals surface area contributed by atoms with Crippen LogP contribution >= 0.6 is 0 Å². The molecule has 1 fully saturated rings. The molecule has 2 rings (SSSR count). The molecule has 138 valence electrons. The molecule has 0 saturated carbocycles. The van der Waals surface area contributed by atoms with E-state index in [-0.39, 0.29) is 12.0 Å². The van der Waals surface area contributed by atoms with E-state index in [0.29, 0.717) is 38.3 Å². The van der Waals surface area contributed by atoms with Crippen LogP contribution in [-0.4, -0.2) is 42.8 Å². The van der Waals surface area contributed by atoms with Crippen LogP contribution in [0.3, 0.4) is 0 Å². The van der Waals surface area contributed by atoms with Crippen molar-refractivity contribution in [3.8, 4) is 0 Å². The number of carbonyl (C=O) groups excluding carboxylic acids is 1. The van der Waals surface area contributed by atoms with E-state index in [1.54, 1.807) is 19.9 Å². The second-order valence-corrected chi connectivity index (χ2v) is 6.97. The first-order valence-corrected chi connectivity index (χ1v) is 8.69. The minimum absolute atomic E-state index is 0.168. The lowest BCUT2D eigenvalue weighted by Crippen LogP contribution is -2.32. The molecule has 1 aromatic carbocycles. The van der Waals surface area contributed by atoms with Gasteiger partial charge in [0, 0.05) is 25.3 Å². The number of nitrogens with one attached hydrogen (secondary N) is 1. The highest BCUT2D eigenvalue weighted by atomic mass is 16.5. The van der Waals surface area contributed by atoms with Gasteiger partial charge < -0.3 is 19.9 Å². The fourth-order valence-corrected chi connectivity index (χ4v) is 2.61. The summed E-state index contributed by atoms with van der Waals surface area (Å²) >= 11 is 0. The van der Waals surface area contributed by atoms with Gasteiger partial charge in [0.1, 0.15) is 0 Å². The van der Waals surface area contributed by atoms with Gasteiger partial charge >= 0.3 is 5.97 Å². The molecule has 0 atom stereocenters. The number of amides is 1. The maximum absolute atomic E-state index is 12.4. The normalized spacial score (nSPS) is 15.8.